The van der Waals surface area contributed by atoms with Gasteiger partial charge in [0.05, 0.1) is 11.3 Å². The molecule has 1 aliphatic rings. The van der Waals surface area contributed by atoms with Crippen molar-refractivity contribution in [3.63, 3.8) is 0 Å². The number of nitrogens with zero attached hydrogens (tertiary/aromatic N) is 1. The van der Waals surface area contributed by atoms with Crippen LogP contribution in [0.25, 0.3) is 0 Å². The number of hydrogen-bond acceptors (Lipinski definition) is 2. The molecule has 3 heteroatoms. The first-order valence-corrected chi connectivity index (χ1v) is 5.48. The fourth-order valence-corrected chi connectivity index (χ4v) is 2.25. The van der Waals surface area contributed by atoms with Crippen LogP contribution in [0.5, 0.6) is 0 Å². The summed E-state index contributed by atoms with van der Waals surface area (Å²) in [6.45, 7) is 8.15. The average Bonchev–Trinajstić information content (AvgIpc) is 2.14. The number of carboxylic acids is 1. The van der Waals surface area contributed by atoms with Crippen molar-refractivity contribution in [1.29, 1.82) is 0 Å². The Kier molecular flexibility index (Phi) is 2.41. The van der Waals surface area contributed by atoms with Gasteiger partial charge in [-0.05, 0) is 24.5 Å². The lowest BCUT2D eigenvalue weighted by Gasteiger charge is -2.47. The highest BCUT2D eigenvalue weighted by Crippen LogP contribution is 2.35. The molecule has 1 N–H and O–H groups in total. The summed E-state index contributed by atoms with van der Waals surface area (Å²) in [5.74, 6) is -0.844. The average molecular weight is 219 g/mol. The summed E-state index contributed by atoms with van der Waals surface area (Å²) >= 11 is 0. The second-order valence-corrected chi connectivity index (χ2v) is 5.35. The molecule has 1 aromatic rings. The smallest absolute Gasteiger partial charge is 0.337 e. The molecule has 16 heavy (non-hydrogen) atoms. The maximum atomic E-state index is 11.2. The summed E-state index contributed by atoms with van der Waals surface area (Å²) in [4.78, 5) is 13.3. The maximum absolute atomic E-state index is 11.2. The molecular formula is C13H17NO2. The van der Waals surface area contributed by atoms with Crippen LogP contribution in [-0.2, 0) is 0 Å². The van der Waals surface area contributed by atoms with E-state index in [4.69, 9.17) is 5.11 Å². The molecule has 0 amide bonds. The van der Waals surface area contributed by atoms with Gasteiger partial charge < -0.3 is 10.0 Å². The van der Waals surface area contributed by atoms with Crippen molar-refractivity contribution in [2.24, 2.45) is 5.41 Å². The number of benzene rings is 1. The van der Waals surface area contributed by atoms with Crippen molar-refractivity contribution in [3.05, 3.63) is 29.3 Å². The summed E-state index contributed by atoms with van der Waals surface area (Å²) in [6, 6.07) is 5.62. The van der Waals surface area contributed by atoms with Crippen molar-refractivity contribution in [1.82, 2.24) is 0 Å². The molecule has 0 aromatic heterocycles. The number of rotatable bonds is 2. The van der Waals surface area contributed by atoms with Gasteiger partial charge in [-0.15, -0.1) is 0 Å². The minimum atomic E-state index is -0.844. The molecule has 0 spiro atoms. The van der Waals surface area contributed by atoms with E-state index in [2.05, 4.69) is 18.7 Å². The van der Waals surface area contributed by atoms with Crippen LogP contribution < -0.4 is 4.90 Å². The van der Waals surface area contributed by atoms with Crippen LogP contribution in [0.4, 0.5) is 5.69 Å². The highest BCUT2D eigenvalue weighted by atomic mass is 16.4. The number of carbonyl (C=O) groups is 1. The fourth-order valence-electron chi connectivity index (χ4n) is 2.25. The largest absolute Gasteiger partial charge is 0.478 e. The molecule has 1 heterocycles. The predicted octanol–water partition coefficient (Wildman–Crippen LogP) is 2.54. The molecule has 0 aliphatic carbocycles. The van der Waals surface area contributed by atoms with E-state index in [-0.39, 0.29) is 0 Å². The summed E-state index contributed by atoms with van der Waals surface area (Å²) in [5.41, 5.74) is 2.55. The van der Waals surface area contributed by atoms with Gasteiger partial charge in [0.2, 0.25) is 0 Å². The SMILES string of the molecule is Cc1ccc(N2CC(C)(C)C2)c(C(=O)O)c1. The summed E-state index contributed by atoms with van der Waals surface area (Å²) < 4.78 is 0. The molecule has 0 unspecified atom stereocenters. The standard InChI is InChI=1S/C13H17NO2/c1-9-4-5-11(10(6-9)12(15)16)14-7-13(2,3)8-14/h4-6H,7-8H2,1-3H3,(H,15,16). The zero-order valence-corrected chi connectivity index (χ0v) is 9.95. The van der Waals surface area contributed by atoms with Gasteiger partial charge in [-0.1, -0.05) is 25.5 Å². The molecule has 1 fully saturated rings. The van der Waals surface area contributed by atoms with Gasteiger partial charge in [0.1, 0.15) is 0 Å². The van der Waals surface area contributed by atoms with Crippen LogP contribution in [0.2, 0.25) is 0 Å². The Morgan fingerprint density at radius 2 is 2.00 bits per heavy atom. The van der Waals surface area contributed by atoms with Gasteiger partial charge in [0.25, 0.3) is 0 Å². The second-order valence-electron chi connectivity index (χ2n) is 5.35. The lowest BCUT2D eigenvalue weighted by Crippen LogP contribution is -2.53. The molecule has 0 radical (unpaired) electrons. The van der Waals surface area contributed by atoms with Gasteiger partial charge in [-0.25, -0.2) is 4.79 Å². The molecule has 0 bridgehead atoms. The zero-order chi connectivity index (χ0) is 11.9. The van der Waals surface area contributed by atoms with E-state index in [1.54, 1.807) is 6.07 Å². The van der Waals surface area contributed by atoms with Crippen molar-refractivity contribution >= 4 is 11.7 Å². The molecule has 86 valence electrons. The van der Waals surface area contributed by atoms with Crippen LogP contribution in [0, 0.1) is 12.3 Å². The summed E-state index contributed by atoms with van der Waals surface area (Å²) in [6.07, 6.45) is 0. The van der Waals surface area contributed by atoms with E-state index in [1.807, 2.05) is 19.1 Å². The third-order valence-corrected chi connectivity index (χ3v) is 2.96. The Morgan fingerprint density at radius 1 is 1.38 bits per heavy atom. The molecule has 2 rings (SSSR count). The summed E-state index contributed by atoms with van der Waals surface area (Å²) in [5, 5.41) is 9.16. The number of aryl methyl sites for hydroxylation is 1. The second kappa shape index (κ2) is 3.51. The monoisotopic (exact) mass is 219 g/mol. The molecule has 0 saturated carbocycles. The van der Waals surface area contributed by atoms with Crippen LogP contribution in [-0.4, -0.2) is 24.2 Å². The highest BCUT2D eigenvalue weighted by Gasteiger charge is 2.35. The first kappa shape index (κ1) is 11.0. The highest BCUT2D eigenvalue weighted by molar-refractivity contribution is 5.95. The van der Waals surface area contributed by atoms with Gasteiger partial charge >= 0.3 is 5.97 Å². The Bertz CT molecular complexity index is 430. The Hall–Kier alpha value is -1.51. The first-order chi connectivity index (χ1) is 7.39. The summed E-state index contributed by atoms with van der Waals surface area (Å²) in [7, 11) is 0. The molecule has 1 aromatic carbocycles. The molecule has 1 saturated heterocycles. The normalized spacial score (nSPS) is 18.1. The minimum absolute atomic E-state index is 0.306. The van der Waals surface area contributed by atoms with Crippen LogP contribution in [0.1, 0.15) is 29.8 Å². The molecule has 0 atom stereocenters. The van der Waals surface area contributed by atoms with Crippen molar-refractivity contribution in [3.8, 4) is 0 Å². The lowest BCUT2D eigenvalue weighted by atomic mass is 9.83. The Labute approximate surface area is 95.7 Å². The minimum Gasteiger partial charge on any atom is -0.478 e. The van der Waals surface area contributed by atoms with E-state index in [0.717, 1.165) is 24.3 Å². The number of carboxylic acid groups (broad SMARTS) is 1. The third-order valence-electron chi connectivity index (χ3n) is 2.96. The van der Waals surface area contributed by atoms with Gasteiger partial charge in [-0.2, -0.15) is 0 Å². The molecule has 3 nitrogen and oxygen atoms in total. The van der Waals surface area contributed by atoms with Gasteiger partial charge in [0.15, 0.2) is 0 Å². The zero-order valence-electron chi connectivity index (χ0n) is 9.95. The first-order valence-electron chi connectivity index (χ1n) is 5.48. The van der Waals surface area contributed by atoms with Crippen LogP contribution in [0.3, 0.4) is 0 Å². The van der Waals surface area contributed by atoms with E-state index < -0.39 is 5.97 Å². The Balaban J connectivity index is 2.31. The number of anilines is 1. The van der Waals surface area contributed by atoms with E-state index in [9.17, 15) is 4.79 Å². The predicted molar refractivity (Wildman–Crippen MR) is 64.1 cm³/mol. The van der Waals surface area contributed by atoms with Crippen molar-refractivity contribution in [2.75, 3.05) is 18.0 Å². The fraction of sp³-hybridized carbons (Fsp3) is 0.462. The van der Waals surface area contributed by atoms with E-state index in [1.165, 1.54) is 0 Å². The van der Waals surface area contributed by atoms with Gasteiger partial charge in [-0.3, -0.25) is 0 Å². The van der Waals surface area contributed by atoms with Crippen LogP contribution >= 0.6 is 0 Å². The lowest BCUT2D eigenvalue weighted by molar-refractivity contribution is 0.0696. The number of hydrogen-bond donors (Lipinski definition) is 1. The van der Waals surface area contributed by atoms with Gasteiger partial charge in [0, 0.05) is 13.1 Å². The topological polar surface area (TPSA) is 40.5 Å². The van der Waals surface area contributed by atoms with Crippen molar-refractivity contribution < 1.29 is 9.90 Å². The van der Waals surface area contributed by atoms with Crippen LogP contribution in [0.15, 0.2) is 18.2 Å². The molecular weight excluding hydrogens is 202 g/mol. The van der Waals surface area contributed by atoms with Crippen molar-refractivity contribution in [2.45, 2.75) is 20.8 Å². The quantitative estimate of drug-likeness (QED) is 0.831. The Morgan fingerprint density at radius 3 is 2.50 bits per heavy atom. The van der Waals surface area contributed by atoms with E-state index in [0.29, 0.717) is 11.0 Å². The third kappa shape index (κ3) is 1.90. The maximum Gasteiger partial charge on any atom is 0.337 e. The number of aromatic carboxylic acids is 1. The van der Waals surface area contributed by atoms with E-state index >= 15 is 0 Å². The molecule has 1 aliphatic heterocycles.